The molecule has 7 nitrogen and oxygen atoms in total. The minimum absolute atomic E-state index is 0.0134. The van der Waals surface area contributed by atoms with Crippen LogP contribution >= 0.6 is 11.6 Å². The molecule has 1 amide bonds. The maximum atomic E-state index is 12.6. The van der Waals surface area contributed by atoms with Gasteiger partial charge in [0.05, 0.1) is 7.11 Å². The molecule has 8 heteroatoms. The Hall–Kier alpha value is -3.19. The van der Waals surface area contributed by atoms with E-state index in [0.29, 0.717) is 17.2 Å². The van der Waals surface area contributed by atoms with Gasteiger partial charge in [0.25, 0.3) is 5.90 Å². The number of ketones is 1. The number of methoxy groups -OCH3 is 1. The molecular weight excluding hydrogens is 394 g/mol. The van der Waals surface area contributed by atoms with Gasteiger partial charge in [-0.2, -0.15) is 0 Å². The van der Waals surface area contributed by atoms with Crippen LogP contribution in [0.5, 0.6) is 5.75 Å². The summed E-state index contributed by atoms with van der Waals surface area (Å²) in [7, 11) is 1.56. The Labute approximate surface area is 173 Å². The highest BCUT2D eigenvalue weighted by molar-refractivity contribution is 6.35. The lowest BCUT2D eigenvalue weighted by Gasteiger charge is -2.18. The monoisotopic (exact) mass is 415 g/mol. The van der Waals surface area contributed by atoms with E-state index in [1.165, 1.54) is 0 Å². The molecule has 152 valence electrons. The van der Waals surface area contributed by atoms with E-state index in [4.69, 9.17) is 37.6 Å². The zero-order valence-electron chi connectivity index (χ0n) is 15.9. The van der Waals surface area contributed by atoms with E-state index in [-0.39, 0.29) is 24.5 Å². The number of hydrogen-bond acceptors (Lipinski definition) is 6. The molecule has 2 aromatic carbocycles. The number of hydrogen-bond donors (Lipinski definition) is 3. The molecule has 4 N–H and O–H groups in total. The Morgan fingerprint density at radius 3 is 2.17 bits per heavy atom. The van der Waals surface area contributed by atoms with Crippen LogP contribution in [0.4, 0.5) is 0 Å². The highest BCUT2D eigenvalue weighted by Gasteiger charge is 2.23. The SMILES string of the molecule is COc1ccc(CC(CC(=O)Cc2ccc(Cl)cc2)C(=N)OC(=N)C(N)=O)cc1. The van der Waals surface area contributed by atoms with E-state index in [1.54, 1.807) is 43.5 Å². The number of halogens is 1. The number of primary amides is 1. The molecule has 0 aliphatic carbocycles. The molecule has 0 aliphatic rings. The van der Waals surface area contributed by atoms with Gasteiger partial charge in [-0.25, -0.2) is 0 Å². The van der Waals surface area contributed by atoms with Crippen molar-refractivity contribution >= 4 is 35.1 Å². The van der Waals surface area contributed by atoms with Crippen molar-refractivity contribution in [1.29, 1.82) is 10.8 Å². The van der Waals surface area contributed by atoms with Gasteiger partial charge in [0.1, 0.15) is 11.5 Å². The van der Waals surface area contributed by atoms with E-state index < -0.39 is 17.7 Å². The van der Waals surface area contributed by atoms with Crippen molar-refractivity contribution in [3.8, 4) is 5.75 Å². The fraction of sp³-hybridized carbons (Fsp3) is 0.238. The van der Waals surface area contributed by atoms with Crippen LogP contribution in [0.25, 0.3) is 0 Å². The summed E-state index contributed by atoms with van der Waals surface area (Å²) < 4.78 is 10.1. The van der Waals surface area contributed by atoms with Crippen LogP contribution in [-0.2, 0) is 27.2 Å². The Bertz CT molecular complexity index is 895. The van der Waals surface area contributed by atoms with Crippen molar-refractivity contribution in [3.63, 3.8) is 0 Å². The summed E-state index contributed by atoms with van der Waals surface area (Å²) in [6.45, 7) is 0. The van der Waals surface area contributed by atoms with Gasteiger partial charge in [0, 0.05) is 23.8 Å². The summed E-state index contributed by atoms with van der Waals surface area (Å²) in [6, 6.07) is 14.1. The smallest absolute Gasteiger partial charge is 0.304 e. The third kappa shape index (κ3) is 7.04. The topological polar surface area (TPSA) is 126 Å². The Morgan fingerprint density at radius 1 is 1.03 bits per heavy atom. The fourth-order valence-electron chi connectivity index (χ4n) is 2.72. The quantitative estimate of drug-likeness (QED) is 0.452. The molecule has 1 unspecified atom stereocenters. The zero-order valence-corrected chi connectivity index (χ0v) is 16.7. The normalized spacial score (nSPS) is 11.4. The van der Waals surface area contributed by atoms with E-state index in [0.717, 1.165) is 11.1 Å². The van der Waals surface area contributed by atoms with Crippen LogP contribution in [0.1, 0.15) is 17.5 Å². The van der Waals surface area contributed by atoms with Crippen LogP contribution < -0.4 is 10.5 Å². The van der Waals surface area contributed by atoms with Crippen molar-refractivity contribution in [2.75, 3.05) is 7.11 Å². The molecule has 0 heterocycles. The highest BCUT2D eigenvalue weighted by atomic mass is 35.5. The Morgan fingerprint density at radius 2 is 1.62 bits per heavy atom. The molecular formula is C21H22ClN3O4. The lowest BCUT2D eigenvalue weighted by atomic mass is 9.92. The summed E-state index contributed by atoms with van der Waals surface area (Å²) in [4.78, 5) is 23.6. The first-order chi connectivity index (χ1) is 13.8. The average Bonchev–Trinajstić information content (AvgIpc) is 2.69. The molecule has 29 heavy (non-hydrogen) atoms. The van der Waals surface area contributed by atoms with Crippen molar-refractivity contribution in [1.82, 2.24) is 0 Å². The molecule has 0 spiro atoms. The predicted octanol–water partition coefficient (Wildman–Crippen LogP) is 3.17. The van der Waals surface area contributed by atoms with Crippen molar-refractivity contribution in [2.24, 2.45) is 11.7 Å². The summed E-state index contributed by atoms with van der Waals surface area (Å²) >= 11 is 5.86. The van der Waals surface area contributed by atoms with Gasteiger partial charge in [-0.3, -0.25) is 20.4 Å². The molecule has 0 aromatic heterocycles. The summed E-state index contributed by atoms with van der Waals surface area (Å²) in [6.07, 6.45) is 0.511. The summed E-state index contributed by atoms with van der Waals surface area (Å²) in [5.74, 6) is -2.34. The number of ether oxygens (including phenoxy) is 2. The lowest BCUT2D eigenvalue weighted by molar-refractivity contribution is -0.119. The molecule has 0 fully saturated rings. The number of benzene rings is 2. The van der Waals surface area contributed by atoms with E-state index >= 15 is 0 Å². The zero-order chi connectivity index (χ0) is 21.4. The highest BCUT2D eigenvalue weighted by Crippen LogP contribution is 2.20. The van der Waals surface area contributed by atoms with Crippen LogP contribution in [0.15, 0.2) is 48.5 Å². The van der Waals surface area contributed by atoms with Gasteiger partial charge in [-0.15, -0.1) is 0 Å². The third-order valence-electron chi connectivity index (χ3n) is 4.24. The molecule has 2 aromatic rings. The van der Waals surface area contributed by atoms with Gasteiger partial charge in [-0.05, 0) is 41.8 Å². The number of nitrogens with one attached hydrogen (secondary N) is 2. The van der Waals surface area contributed by atoms with Gasteiger partial charge in [0.15, 0.2) is 5.90 Å². The second-order valence-electron chi connectivity index (χ2n) is 6.45. The van der Waals surface area contributed by atoms with Gasteiger partial charge in [0.2, 0.25) is 0 Å². The molecule has 0 saturated carbocycles. The molecule has 0 bridgehead atoms. The number of Topliss-reactive ketones (excluding diaryl/α,β-unsaturated/α-hetero) is 1. The second kappa shape index (κ2) is 10.4. The summed E-state index contributed by atoms with van der Waals surface area (Å²) in [5.41, 5.74) is 6.67. The molecule has 1 atom stereocenters. The molecule has 0 radical (unpaired) electrons. The molecule has 0 aliphatic heterocycles. The average molecular weight is 416 g/mol. The number of carbonyl (C=O) groups excluding carboxylic acids is 2. The van der Waals surface area contributed by atoms with Crippen LogP contribution in [0, 0.1) is 16.7 Å². The standard InChI is InChI=1S/C21H22ClN3O4/c1-28-18-8-4-13(5-9-18)10-15(20(24)29-21(25)19(23)27)12-17(26)11-14-2-6-16(22)7-3-14/h2-9,15,24-25H,10-12H2,1H3,(H2,23,27). The minimum atomic E-state index is -1.08. The van der Waals surface area contributed by atoms with Crippen LogP contribution in [-0.4, -0.2) is 30.6 Å². The van der Waals surface area contributed by atoms with Crippen LogP contribution in [0.3, 0.4) is 0 Å². The maximum absolute atomic E-state index is 12.6. The third-order valence-corrected chi connectivity index (χ3v) is 4.49. The number of rotatable bonds is 8. The van der Waals surface area contributed by atoms with E-state index in [2.05, 4.69) is 0 Å². The maximum Gasteiger partial charge on any atom is 0.304 e. The molecule has 2 rings (SSSR count). The van der Waals surface area contributed by atoms with Gasteiger partial charge in [-0.1, -0.05) is 35.9 Å². The van der Waals surface area contributed by atoms with Crippen molar-refractivity contribution in [3.05, 3.63) is 64.7 Å². The van der Waals surface area contributed by atoms with Gasteiger partial charge < -0.3 is 15.2 Å². The minimum Gasteiger partial charge on any atom is -0.497 e. The van der Waals surface area contributed by atoms with Crippen molar-refractivity contribution < 1.29 is 19.1 Å². The van der Waals surface area contributed by atoms with Crippen molar-refractivity contribution in [2.45, 2.75) is 19.3 Å². The first-order valence-corrected chi connectivity index (χ1v) is 9.20. The number of amides is 1. The molecule has 0 saturated heterocycles. The Balaban J connectivity index is 2.12. The van der Waals surface area contributed by atoms with Gasteiger partial charge >= 0.3 is 5.91 Å². The first-order valence-electron chi connectivity index (χ1n) is 8.82. The second-order valence-corrected chi connectivity index (χ2v) is 6.89. The van der Waals surface area contributed by atoms with Crippen LogP contribution in [0.2, 0.25) is 5.02 Å². The largest absolute Gasteiger partial charge is 0.497 e. The first kappa shape index (κ1) is 22.1. The summed E-state index contributed by atoms with van der Waals surface area (Å²) in [5, 5.41) is 16.1. The van der Waals surface area contributed by atoms with E-state index in [1.807, 2.05) is 12.1 Å². The lowest BCUT2D eigenvalue weighted by Crippen LogP contribution is -2.31. The number of nitrogens with two attached hydrogens (primary N) is 1. The van der Waals surface area contributed by atoms with E-state index in [9.17, 15) is 9.59 Å². The Kier molecular flexibility index (Phi) is 7.91. The fourth-order valence-corrected chi connectivity index (χ4v) is 2.85. The number of carbonyl (C=O) groups is 2. The predicted molar refractivity (Wildman–Crippen MR) is 111 cm³/mol.